The van der Waals surface area contributed by atoms with Crippen LogP contribution in [0.1, 0.15) is 31.2 Å². The quantitative estimate of drug-likeness (QED) is 0.918. The molecule has 0 aromatic heterocycles. The number of likely N-dealkylation sites (tertiary alicyclic amines) is 2. The molecule has 2 aliphatic heterocycles. The number of rotatable bonds is 4. The minimum atomic E-state index is -0.201. The molecule has 1 aromatic carbocycles. The first-order chi connectivity index (χ1) is 11.6. The van der Waals surface area contributed by atoms with Gasteiger partial charge in [0.1, 0.15) is 5.82 Å². The summed E-state index contributed by atoms with van der Waals surface area (Å²) in [6.45, 7) is 4.72. The lowest BCUT2D eigenvalue weighted by atomic mass is 9.95. The molecular weight excluding hydrogens is 305 g/mol. The van der Waals surface area contributed by atoms with Crippen LogP contribution >= 0.6 is 0 Å². The molecular formula is C19H28FN3O. The van der Waals surface area contributed by atoms with Crippen molar-refractivity contribution in [3.05, 3.63) is 35.6 Å². The van der Waals surface area contributed by atoms with Crippen LogP contribution in [-0.2, 0) is 11.3 Å². The van der Waals surface area contributed by atoms with Gasteiger partial charge in [0.05, 0.1) is 5.92 Å². The molecule has 2 fully saturated rings. The van der Waals surface area contributed by atoms with Crippen molar-refractivity contribution in [2.75, 3.05) is 33.2 Å². The second-order valence-corrected chi connectivity index (χ2v) is 7.29. The van der Waals surface area contributed by atoms with Gasteiger partial charge in [-0.15, -0.1) is 0 Å². The third-order valence-electron chi connectivity index (χ3n) is 5.26. The number of benzene rings is 1. The Bertz CT molecular complexity index is 540. The minimum absolute atomic E-state index is 0.0823. The Hall–Kier alpha value is -1.46. The van der Waals surface area contributed by atoms with Crippen LogP contribution in [-0.4, -0.2) is 55.0 Å². The zero-order chi connectivity index (χ0) is 16.9. The van der Waals surface area contributed by atoms with Gasteiger partial charge in [-0.25, -0.2) is 4.39 Å². The molecule has 0 bridgehead atoms. The highest BCUT2D eigenvalue weighted by Crippen LogP contribution is 2.20. The fourth-order valence-electron chi connectivity index (χ4n) is 3.73. The fraction of sp³-hybridized carbons (Fsp3) is 0.632. The van der Waals surface area contributed by atoms with Crippen molar-refractivity contribution >= 4 is 5.91 Å². The Morgan fingerprint density at radius 3 is 2.58 bits per heavy atom. The first kappa shape index (κ1) is 17.4. The number of amides is 1. The number of hydrogen-bond acceptors (Lipinski definition) is 3. The molecule has 2 saturated heterocycles. The molecule has 1 amide bonds. The van der Waals surface area contributed by atoms with Crippen LogP contribution < -0.4 is 5.32 Å². The highest BCUT2D eigenvalue weighted by atomic mass is 19.1. The van der Waals surface area contributed by atoms with Crippen LogP contribution in [0.5, 0.6) is 0 Å². The lowest BCUT2D eigenvalue weighted by Gasteiger charge is -2.34. The highest BCUT2D eigenvalue weighted by Gasteiger charge is 2.28. The summed E-state index contributed by atoms with van der Waals surface area (Å²) >= 11 is 0. The van der Waals surface area contributed by atoms with E-state index < -0.39 is 0 Å². The average Bonchev–Trinajstić information content (AvgIpc) is 2.59. The number of carbonyl (C=O) groups is 1. The molecule has 4 nitrogen and oxygen atoms in total. The summed E-state index contributed by atoms with van der Waals surface area (Å²) in [5.41, 5.74) is 1.10. The van der Waals surface area contributed by atoms with E-state index in [0.29, 0.717) is 6.04 Å². The van der Waals surface area contributed by atoms with E-state index in [0.717, 1.165) is 64.0 Å². The fourth-order valence-corrected chi connectivity index (χ4v) is 3.73. The van der Waals surface area contributed by atoms with Gasteiger partial charge in [0, 0.05) is 19.1 Å². The van der Waals surface area contributed by atoms with Crippen molar-refractivity contribution in [3.63, 3.8) is 0 Å². The number of nitrogens with one attached hydrogen (secondary N) is 1. The maximum atomic E-state index is 13.0. The maximum Gasteiger partial charge on any atom is 0.224 e. The van der Waals surface area contributed by atoms with Crippen LogP contribution in [0.3, 0.4) is 0 Å². The molecule has 24 heavy (non-hydrogen) atoms. The Morgan fingerprint density at radius 1 is 1.17 bits per heavy atom. The number of carbonyl (C=O) groups excluding carboxylic acids is 1. The Kier molecular flexibility index (Phi) is 5.85. The van der Waals surface area contributed by atoms with Crippen LogP contribution in [0, 0.1) is 11.7 Å². The van der Waals surface area contributed by atoms with E-state index >= 15 is 0 Å². The van der Waals surface area contributed by atoms with Crippen LogP contribution in [0.15, 0.2) is 24.3 Å². The van der Waals surface area contributed by atoms with Gasteiger partial charge in [-0.1, -0.05) is 12.1 Å². The highest BCUT2D eigenvalue weighted by molar-refractivity contribution is 5.79. The van der Waals surface area contributed by atoms with E-state index in [1.165, 1.54) is 12.1 Å². The number of hydrogen-bond donors (Lipinski definition) is 1. The second kappa shape index (κ2) is 8.08. The molecule has 0 radical (unpaired) electrons. The summed E-state index contributed by atoms with van der Waals surface area (Å²) in [7, 11) is 2.13. The third kappa shape index (κ3) is 4.77. The van der Waals surface area contributed by atoms with Crippen molar-refractivity contribution in [1.82, 2.24) is 15.1 Å². The number of piperidine rings is 2. The van der Waals surface area contributed by atoms with E-state index in [9.17, 15) is 9.18 Å². The Labute approximate surface area is 144 Å². The van der Waals surface area contributed by atoms with Crippen molar-refractivity contribution in [2.45, 2.75) is 38.3 Å². The van der Waals surface area contributed by atoms with Gasteiger partial charge in [-0.3, -0.25) is 9.69 Å². The summed E-state index contributed by atoms with van der Waals surface area (Å²) in [5.74, 6) is 0.0972. The summed E-state index contributed by atoms with van der Waals surface area (Å²) in [6, 6.07) is 7.00. The molecule has 0 aliphatic carbocycles. The molecule has 3 rings (SSSR count). The van der Waals surface area contributed by atoms with Gasteiger partial charge in [-0.2, -0.15) is 0 Å². The molecule has 5 heteroatoms. The van der Waals surface area contributed by atoms with Crippen molar-refractivity contribution < 1.29 is 9.18 Å². The van der Waals surface area contributed by atoms with Gasteiger partial charge in [0.25, 0.3) is 0 Å². The number of nitrogens with zero attached hydrogens (tertiary/aromatic N) is 2. The summed E-state index contributed by atoms with van der Waals surface area (Å²) in [4.78, 5) is 17.2. The molecule has 132 valence electrons. The average molecular weight is 333 g/mol. The van der Waals surface area contributed by atoms with Crippen LogP contribution in [0.4, 0.5) is 4.39 Å². The molecule has 0 saturated carbocycles. The second-order valence-electron chi connectivity index (χ2n) is 7.29. The summed E-state index contributed by atoms with van der Waals surface area (Å²) in [5, 5.41) is 3.26. The first-order valence-electron chi connectivity index (χ1n) is 9.06. The minimum Gasteiger partial charge on any atom is -0.353 e. The SMILES string of the molecule is CN1CCC(NC(=O)[C@H]2CCCN(Cc3ccc(F)cc3)C2)CC1. The lowest BCUT2D eigenvalue weighted by Crippen LogP contribution is -2.48. The van der Waals surface area contributed by atoms with E-state index in [1.807, 2.05) is 12.1 Å². The smallest absolute Gasteiger partial charge is 0.224 e. The lowest BCUT2D eigenvalue weighted by molar-refractivity contribution is -0.127. The maximum absolute atomic E-state index is 13.0. The molecule has 0 spiro atoms. The zero-order valence-corrected chi connectivity index (χ0v) is 14.5. The van der Waals surface area contributed by atoms with Crippen LogP contribution in [0.25, 0.3) is 0 Å². The Morgan fingerprint density at radius 2 is 1.88 bits per heavy atom. The largest absolute Gasteiger partial charge is 0.353 e. The van der Waals surface area contributed by atoms with E-state index in [1.54, 1.807) is 0 Å². The monoisotopic (exact) mass is 333 g/mol. The van der Waals surface area contributed by atoms with Gasteiger partial charge in [0.15, 0.2) is 0 Å². The van der Waals surface area contributed by atoms with E-state index in [-0.39, 0.29) is 17.6 Å². The summed E-state index contributed by atoms with van der Waals surface area (Å²) in [6.07, 6.45) is 4.12. The predicted octanol–water partition coefficient (Wildman–Crippen LogP) is 2.25. The van der Waals surface area contributed by atoms with Crippen molar-refractivity contribution in [1.29, 1.82) is 0 Å². The van der Waals surface area contributed by atoms with Gasteiger partial charge >= 0.3 is 0 Å². The standard InChI is InChI=1S/C19H28FN3O/c1-22-11-8-18(9-12-22)21-19(24)16-3-2-10-23(14-16)13-15-4-6-17(20)7-5-15/h4-7,16,18H,2-3,8-14H2,1H3,(H,21,24)/t16-/m0/s1. The summed E-state index contributed by atoms with van der Waals surface area (Å²) < 4.78 is 13.0. The third-order valence-corrected chi connectivity index (χ3v) is 5.26. The van der Waals surface area contributed by atoms with E-state index in [4.69, 9.17) is 0 Å². The zero-order valence-electron chi connectivity index (χ0n) is 14.5. The molecule has 0 unspecified atom stereocenters. The molecule has 1 N–H and O–H groups in total. The van der Waals surface area contributed by atoms with E-state index in [2.05, 4.69) is 22.2 Å². The molecule has 2 heterocycles. The van der Waals surface area contributed by atoms with Gasteiger partial charge in [-0.05, 0) is 70.1 Å². The van der Waals surface area contributed by atoms with Gasteiger partial charge < -0.3 is 10.2 Å². The first-order valence-corrected chi connectivity index (χ1v) is 9.06. The normalized spacial score (nSPS) is 24.0. The molecule has 1 aromatic rings. The van der Waals surface area contributed by atoms with Crippen LogP contribution in [0.2, 0.25) is 0 Å². The molecule has 2 aliphatic rings. The van der Waals surface area contributed by atoms with Crippen molar-refractivity contribution in [2.24, 2.45) is 5.92 Å². The molecule has 1 atom stereocenters. The van der Waals surface area contributed by atoms with Gasteiger partial charge in [0.2, 0.25) is 5.91 Å². The predicted molar refractivity (Wildman–Crippen MR) is 93.1 cm³/mol. The number of halogens is 1. The van der Waals surface area contributed by atoms with Crippen molar-refractivity contribution in [3.8, 4) is 0 Å². The topological polar surface area (TPSA) is 35.6 Å². The Balaban J connectivity index is 1.49.